The topological polar surface area (TPSA) is 119 Å². The van der Waals surface area contributed by atoms with E-state index >= 15 is 0 Å². The van der Waals surface area contributed by atoms with E-state index in [0.29, 0.717) is 18.2 Å². The summed E-state index contributed by atoms with van der Waals surface area (Å²) in [4.78, 5) is 23.2. The fraction of sp³-hybridized carbons (Fsp3) is 0.400. The smallest absolute Gasteiger partial charge is 0.263 e. The number of hydrogen-bond donors (Lipinski definition) is 4. The van der Waals surface area contributed by atoms with Crippen LogP contribution < -0.4 is 22.1 Å². The largest absolute Gasteiger partial charge is 0.397 e. The van der Waals surface area contributed by atoms with Crippen molar-refractivity contribution < 1.29 is 14.3 Å². The van der Waals surface area contributed by atoms with Gasteiger partial charge in [-0.3, -0.25) is 9.59 Å². The highest BCUT2D eigenvalue weighted by Gasteiger charge is 2.23. The van der Waals surface area contributed by atoms with Crippen LogP contribution in [0.3, 0.4) is 0 Å². The minimum atomic E-state index is -0.668. The molecule has 0 aliphatic rings. The molecule has 0 saturated carbocycles. The normalized spacial score (nSPS) is 10.1. The summed E-state index contributed by atoms with van der Waals surface area (Å²) in [5.74, 6) is -1.02. The molecule has 1 aromatic rings. The Morgan fingerprint density at radius 2 is 2.11 bits per heavy atom. The number of methoxy groups -OCH3 is 1. The van der Waals surface area contributed by atoms with Gasteiger partial charge >= 0.3 is 0 Å². The molecule has 0 aliphatic heterocycles. The predicted octanol–water partition coefficient (Wildman–Crippen LogP) is -0.153. The van der Waals surface area contributed by atoms with Crippen molar-refractivity contribution in [3.8, 4) is 0 Å². The summed E-state index contributed by atoms with van der Waals surface area (Å²) in [6.45, 7) is 0.954. The molecule has 7 nitrogen and oxygen atoms in total. The van der Waals surface area contributed by atoms with Gasteiger partial charge in [0.1, 0.15) is 9.88 Å². The van der Waals surface area contributed by atoms with Crippen molar-refractivity contribution in [2.45, 2.75) is 0 Å². The highest BCUT2D eigenvalue weighted by atomic mass is 32.1. The van der Waals surface area contributed by atoms with Gasteiger partial charge in [0.05, 0.1) is 17.9 Å². The summed E-state index contributed by atoms with van der Waals surface area (Å²) < 4.78 is 4.88. The van der Waals surface area contributed by atoms with Crippen molar-refractivity contribution >= 4 is 33.8 Å². The first-order valence-corrected chi connectivity index (χ1v) is 6.01. The van der Waals surface area contributed by atoms with E-state index in [0.717, 1.165) is 11.3 Å². The van der Waals surface area contributed by atoms with Gasteiger partial charge in [-0.1, -0.05) is 0 Å². The molecular weight excluding hydrogens is 256 g/mol. The van der Waals surface area contributed by atoms with Crippen molar-refractivity contribution in [3.05, 3.63) is 10.4 Å². The molecular formula is C10H16N4O3S. The average Bonchev–Trinajstić information content (AvgIpc) is 2.66. The molecule has 1 aromatic heterocycles. The van der Waals surface area contributed by atoms with Gasteiger partial charge in [0.15, 0.2) is 0 Å². The molecule has 0 saturated heterocycles. The fourth-order valence-electron chi connectivity index (χ4n) is 1.36. The maximum atomic E-state index is 11.6. The zero-order valence-electron chi connectivity index (χ0n) is 10.2. The van der Waals surface area contributed by atoms with Gasteiger partial charge in [-0.15, -0.1) is 11.3 Å². The summed E-state index contributed by atoms with van der Waals surface area (Å²) in [5, 5.41) is 5.91. The molecule has 6 N–H and O–H groups in total. The lowest BCUT2D eigenvalue weighted by atomic mass is 10.2. The van der Waals surface area contributed by atoms with Gasteiger partial charge in [-0.2, -0.15) is 0 Å². The first-order chi connectivity index (χ1) is 8.52. The van der Waals surface area contributed by atoms with E-state index in [9.17, 15) is 9.59 Å². The highest BCUT2D eigenvalue weighted by molar-refractivity contribution is 7.19. The van der Waals surface area contributed by atoms with Crippen LogP contribution in [0, 0.1) is 0 Å². The Hall–Kier alpha value is -1.80. The predicted molar refractivity (Wildman–Crippen MR) is 71.0 cm³/mol. The molecule has 8 heteroatoms. The molecule has 18 heavy (non-hydrogen) atoms. The minimum absolute atomic E-state index is 0.103. The van der Waals surface area contributed by atoms with Crippen molar-refractivity contribution in [2.24, 2.45) is 5.73 Å². The highest BCUT2D eigenvalue weighted by Crippen LogP contribution is 2.35. The second-order valence-corrected chi connectivity index (χ2v) is 4.43. The lowest BCUT2D eigenvalue weighted by Crippen LogP contribution is -2.19. The molecule has 0 radical (unpaired) electrons. The SMILES string of the molecule is CNC(=O)c1sc(NCCOC)c(C(N)=O)c1N. The van der Waals surface area contributed by atoms with E-state index in [1.54, 1.807) is 7.11 Å². The lowest BCUT2D eigenvalue weighted by Gasteiger charge is -2.04. The number of carbonyl (C=O) groups excluding carboxylic acids is 2. The van der Waals surface area contributed by atoms with E-state index < -0.39 is 5.91 Å². The third kappa shape index (κ3) is 2.90. The second kappa shape index (κ2) is 6.22. The molecule has 0 spiro atoms. The van der Waals surface area contributed by atoms with E-state index in [-0.39, 0.29) is 22.0 Å². The summed E-state index contributed by atoms with van der Waals surface area (Å²) in [6, 6.07) is 0. The van der Waals surface area contributed by atoms with Gasteiger partial charge < -0.3 is 26.8 Å². The van der Waals surface area contributed by atoms with Crippen molar-refractivity contribution in [2.75, 3.05) is 38.4 Å². The Morgan fingerprint density at radius 1 is 1.44 bits per heavy atom. The van der Waals surface area contributed by atoms with Crippen molar-refractivity contribution in [1.29, 1.82) is 0 Å². The number of primary amides is 1. The molecule has 100 valence electrons. The first-order valence-electron chi connectivity index (χ1n) is 5.19. The first kappa shape index (κ1) is 14.3. The number of rotatable bonds is 6. The molecule has 0 aromatic carbocycles. The Labute approximate surface area is 108 Å². The summed E-state index contributed by atoms with van der Waals surface area (Å²) in [7, 11) is 3.05. The van der Waals surface area contributed by atoms with Gasteiger partial charge in [-0.05, 0) is 0 Å². The van der Waals surface area contributed by atoms with Gasteiger partial charge in [0.25, 0.3) is 11.8 Å². The van der Waals surface area contributed by atoms with Crippen LogP contribution in [-0.2, 0) is 4.74 Å². The number of nitrogens with one attached hydrogen (secondary N) is 2. The third-order valence-corrected chi connectivity index (χ3v) is 3.38. The number of anilines is 2. The van der Waals surface area contributed by atoms with E-state index in [1.165, 1.54) is 7.05 Å². The molecule has 0 fully saturated rings. The Bertz CT molecular complexity index is 458. The number of amides is 2. The molecule has 0 aliphatic carbocycles. The second-order valence-electron chi connectivity index (χ2n) is 3.41. The number of carbonyl (C=O) groups is 2. The zero-order chi connectivity index (χ0) is 13.7. The van der Waals surface area contributed by atoms with Gasteiger partial charge in [0.2, 0.25) is 0 Å². The van der Waals surface area contributed by atoms with Gasteiger partial charge in [-0.25, -0.2) is 0 Å². The molecule has 1 heterocycles. The Kier molecular flexibility index (Phi) is 4.93. The molecule has 0 bridgehead atoms. The van der Waals surface area contributed by atoms with E-state index in [4.69, 9.17) is 16.2 Å². The minimum Gasteiger partial charge on any atom is -0.397 e. The number of thiophene rings is 1. The number of nitrogens with two attached hydrogens (primary N) is 2. The van der Waals surface area contributed by atoms with Crippen molar-refractivity contribution in [1.82, 2.24) is 5.32 Å². The van der Waals surface area contributed by atoms with Crippen LogP contribution in [-0.4, -0.2) is 39.1 Å². The van der Waals surface area contributed by atoms with Crippen LogP contribution >= 0.6 is 11.3 Å². The van der Waals surface area contributed by atoms with Crippen molar-refractivity contribution in [3.63, 3.8) is 0 Å². The number of hydrogen-bond acceptors (Lipinski definition) is 6. The maximum absolute atomic E-state index is 11.6. The Balaban J connectivity index is 3.08. The molecule has 2 amide bonds. The number of ether oxygens (including phenoxy) is 1. The molecule has 0 unspecified atom stereocenters. The van der Waals surface area contributed by atoms with Crippen LogP contribution in [0.5, 0.6) is 0 Å². The van der Waals surface area contributed by atoms with E-state index in [1.807, 2.05) is 0 Å². The average molecular weight is 272 g/mol. The van der Waals surface area contributed by atoms with Crippen LogP contribution in [0.15, 0.2) is 0 Å². The maximum Gasteiger partial charge on any atom is 0.263 e. The van der Waals surface area contributed by atoms with Crippen LogP contribution in [0.2, 0.25) is 0 Å². The van der Waals surface area contributed by atoms with Gasteiger partial charge in [0, 0.05) is 20.7 Å². The van der Waals surface area contributed by atoms with Crippen LogP contribution in [0.25, 0.3) is 0 Å². The Morgan fingerprint density at radius 3 is 2.61 bits per heavy atom. The van der Waals surface area contributed by atoms with Crippen LogP contribution in [0.4, 0.5) is 10.7 Å². The zero-order valence-corrected chi connectivity index (χ0v) is 11.0. The monoisotopic (exact) mass is 272 g/mol. The molecule has 1 rings (SSSR count). The fourth-order valence-corrected chi connectivity index (χ4v) is 2.46. The lowest BCUT2D eigenvalue weighted by molar-refractivity contribution is 0.0967. The quantitative estimate of drug-likeness (QED) is 0.537. The van der Waals surface area contributed by atoms with E-state index in [2.05, 4.69) is 10.6 Å². The summed E-state index contributed by atoms with van der Waals surface area (Å²) in [5.41, 5.74) is 11.3. The van der Waals surface area contributed by atoms with Crippen LogP contribution in [0.1, 0.15) is 20.0 Å². The molecule has 0 atom stereocenters. The number of nitrogen functional groups attached to an aromatic ring is 1. The summed E-state index contributed by atoms with van der Waals surface area (Å²) in [6.07, 6.45) is 0. The third-order valence-electron chi connectivity index (χ3n) is 2.22. The summed E-state index contributed by atoms with van der Waals surface area (Å²) >= 11 is 1.09. The standard InChI is InChI=1S/C10H16N4O3S/c1-13-9(16)7-6(11)5(8(12)15)10(18-7)14-3-4-17-2/h14H,3-4,11H2,1-2H3,(H2,12,15)(H,13,16).